The summed E-state index contributed by atoms with van der Waals surface area (Å²) >= 11 is 0. The van der Waals surface area contributed by atoms with E-state index < -0.39 is 11.9 Å². The maximum absolute atomic E-state index is 12.7. The molecule has 0 N–H and O–H groups in total. The number of aryl methyl sites for hydroxylation is 1. The lowest BCUT2D eigenvalue weighted by molar-refractivity contribution is -0.312. The van der Waals surface area contributed by atoms with E-state index in [1.54, 1.807) is 12.1 Å². The fourth-order valence-corrected chi connectivity index (χ4v) is 3.33. The van der Waals surface area contributed by atoms with Gasteiger partial charge in [-0.3, -0.25) is 4.79 Å². The summed E-state index contributed by atoms with van der Waals surface area (Å²) in [6.07, 6.45) is 11.3. The molecule has 0 saturated heterocycles. The first-order valence-electron chi connectivity index (χ1n) is 11.4. The molecule has 0 radical (unpaired) electrons. The summed E-state index contributed by atoms with van der Waals surface area (Å²) in [5.74, 6) is -1.13. The summed E-state index contributed by atoms with van der Waals surface area (Å²) in [7, 11) is 0. The molecule has 0 saturated carbocycles. The van der Waals surface area contributed by atoms with Crippen molar-refractivity contribution >= 4 is 11.9 Å². The predicted octanol–water partition coefficient (Wildman–Crippen LogP) is 6.42. The standard InChI is InChI=1S/C26H35NO4/c1-3-4-5-6-7-8-9-11-14-23-17-19-25(20-18-23)26(29)27(31-22(2)28)30-21-24-15-12-10-13-16-24/h10,12-13,15-20H,3-9,11,14,21H2,1-2H3. The summed E-state index contributed by atoms with van der Waals surface area (Å²) < 4.78 is 0. The Hall–Kier alpha value is -2.66. The Kier molecular flexibility index (Phi) is 11.4. The fraction of sp³-hybridized carbons (Fsp3) is 0.462. The zero-order valence-electron chi connectivity index (χ0n) is 18.8. The molecule has 2 aromatic rings. The third-order valence-corrected chi connectivity index (χ3v) is 5.09. The number of hydroxylamine groups is 2. The third-order valence-electron chi connectivity index (χ3n) is 5.09. The molecule has 168 valence electrons. The number of carbonyl (C=O) groups is 2. The Morgan fingerprint density at radius 2 is 1.39 bits per heavy atom. The van der Waals surface area contributed by atoms with Crippen LogP contribution in [-0.4, -0.2) is 17.1 Å². The van der Waals surface area contributed by atoms with Crippen LogP contribution in [0.3, 0.4) is 0 Å². The Bertz CT molecular complexity index is 774. The van der Waals surface area contributed by atoms with Crippen LogP contribution in [0.5, 0.6) is 0 Å². The molecule has 5 heteroatoms. The average molecular weight is 426 g/mol. The number of benzene rings is 2. The van der Waals surface area contributed by atoms with E-state index in [0.717, 1.165) is 18.4 Å². The maximum atomic E-state index is 12.7. The lowest BCUT2D eigenvalue weighted by Gasteiger charge is -2.19. The summed E-state index contributed by atoms with van der Waals surface area (Å²) in [5, 5.41) is 0.670. The number of nitrogens with zero attached hydrogens (tertiary/aromatic N) is 1. The SMILES string of the molecule is CCCCCCCCCCc1ccc(C(=O)N(OCc2ccccc2)OC(C)=O)cc1. The summed E-state index contributed by atoms with van der Waals surface area (Å²) in [6.45, 7) is 3.60. The van der Waals surface area contributed by atoms with Gasteiger partial charge in [-0.1, -0.05) is 94.3 Å². The molecule has 0 unspecified atom stereocenters. The number of carbonyl (C=O) groups excluding carboxylic acids is 2. The van der Waals surface area contributed by atoms with Gasteiger partial charge in [-0.25, -0.2) is 9.63 Å². The highest BCUT2D eigenvalue weighted by Gasteiger charge is 2.20. The van der Waals surface area contributed by atoms with E-state index in [0.29, 0.717) is 10.8 Å². The van der Waals surface area contributed by atoms with E-state index >= 15 is 0 Å². The molecule has 0 aliphatic carbocycles. The summed E-state index contributed by atoms with van der Waals surface area (Å²) in [4.78, 5) is 34.6. The molecule has 2 rings (SSSR count). The molecule has 0 aromatic heterocycles. The topological polar surface area (TPSA) is 55.8 Å². The van der Waals surface area contributed by atoms with Gasteiger partial charge < -0.3 is 4.84 Å². The molecule has 0 fully saturated rings. The van der Waals surface area contributed by atoms with Crippen molar-refractivity contribution in [2.24, 2.45) is 0 Å². The van der Waals surface area contributed by atoms with Crippen molar-refractivity contribution in [3.63, 3.8) is 0 Å². The first-order chi connectivity index (χ1) is 15.1. The van der Waals surface area contributed by atoms with E-state index in [4.69, 9.17) is 9.68 Å². The maximum Gasteiger partial charge on any atom is 0.332 e. The summed E-state index contributed by atoms with van der Waals surface area (Å²) in [6, 6.07) is 16.8. The van der Waals surface area contributed by atoms with Crippen molar-refractivity contribution in [3.05, 3.63) is 71.3 Å². The zero-order chi connectivity index (χ0) is 22.3. The second-order valence-corrected chi connectivity index (χ2v) is 7.83. The van der Waals surface area contributed by atoms with Gasteiger partial charge in [-0.2, -0.15) is 0 Å². The minimum absolute atomic E-state index is 0.121. The summed E-state index contributed by atoms with van der Waals surface area (Å²) in [5.41, 5.74) is 2.48. The van der Waals surface area contributed by atoms with Gasteiger partial charge in [0.15, 0.2) is 0 Å². The molecular weight excluding hydrogens is 390 g/mol. The van der Waals surface area contributed by atoms with Crippen molar-refractivity contribution in [3.8, 4) is 0 Å². The minimum atomic E-state index is -0.618. The van der Waals surface area contributed by atoms with E-state index in [-0.39, 0.29) is 6.61 Å². The second-order valence-electron chi connectivity index (χ2n) is 7.83. The quantitative estimate of drug-likeness (QED) is 0.274. The Morgan fingerprint density at radius 1 is 0.774 bits per heavy atom. The van der Waals surface area contributed by atoms with Crippen LogP contribution in [0, 0.1) is 0 Å². The largest absolute Gasteiger partial charge is 0.332 e. The van der Waals surface area contributed by atoms with Gasteiger partial charge >= 0.3 is 11.9 Å². The molecule has 1 amide bonds. The molecule has 2 aromatic carbocycles. The van der Waals surface area contributed by atoms with E-state index in [1.807, 2.05) is 42.5 Å². The van der Waals surface area contributed by atoms with Crippen molar-refractivity contribution in [2.75, 3.05) is 0 Å². The fourth-order valence-electron chi connectivity index (χ4n) is 3.33. The Balaban J connectivity index is 1.81. The van der Waals surface area contributed by atoms with Gasteiger partial charge in [0.25, 0.3) is 0 Å². The van der Waals surface area contributed by atoms with Gasteiger partial charge in [0, 0.05) is 12.5 Å². The van der Waals surface area contributed by atoms with Crippen molar-refractivity contribution < 1.29 is 19.3 Å². The zero-order valence-corrected chi connectivity index (χ0v) is 18.8. The number of hydrogen-bond acceptors (Lipinski definition) is 4. The van der Waals surface area contributed by atoms with Gasteiger partial charge in [0.05, 0.1) is 0 Å². The van der Waals surface area contributed by atoms with Crippen LogP contribution in [0.4, 0.5) is 0 Å². The van der Waals surface area contributed by atoms with Crippen LogP contribution < -0.4 is 0 Å². The van der Waals surface area contributed by atoms with Crippen molar-refractivity contribution in [1.29, 1.82) is 0 Å². The van der Waals surface area contributed by atoms with E-state index in [9.17, 15) is 9.59 Å². The lowest BCUT2D eigenvalue weighted by atomic mass is 10.0. The van der Waals surface area contributed by atoms with Crippen molar-refractivity contribution in [1.82, 2.24) is 5.23 Å². The molecule has 0 aliphatic heterocycles. The third kappa shape index (κ3) is 9.79. The molecule has 31 heavy (non-hydrogen) atoms. The highest BCUT2D eigenvalue weighted by atomic mass is 17.0. The first kappa shape index (κ1) is 24.6. The van der Waals surface area contributed by atoms with E-state index in [1.165, 1.54) is 57.4 Å². The normalized spacial score (nSPS) is 10.6. The highest BCUT2D eigenvalue weighted by molar-refractivity contribution is 5.93. The van der Waals surface area contributed by atoms with Gasteiger partial charge in [0.1, 0.15) is 6.61 Å². The number of unbranched alkanes of at least 4 members (excludes halogenated alkanes) is 7. The lowest BCUT2D eigenvalue weighted by Crippen LogP contribution is -2.33. The van der Waals surface area contributed by atoms with Gasteiger partial charge in [0.2, 0.25) is 0 Å². The molecular formula is C26H35NO4. The van der Waals surface area contributed by atoms with Crippen LogP contribution in [0.2, 0.25) is 0 Å². The smallest absolute Gasteiger partial charge is 0.312 e. The average Bonchev–Trinajstić information content (AvgIpc) is 2.79. The monoisotopic (exact) mass is 425 g/mol. The van der Waals surface area contributed by atoms with Crippen LogP contribution in [0.25, 0.3) is 0 Å². The Morgan fingerprint density at radius 3 is 2.00 bits per heavy atom. The van der Waals surface area contributed by atoms with Crippen LogP contribution in [0.15, 0.2) is 54.6 Å². The molecule has 0 bridgehead atoms. The predicted molar refractivity (Wildman–Crippen MR) is 122 cm³/mol. The van der Waals surface area contributed by atoms with Crippen LogP contribution in [-0.2, 0) is 27.5 Å². The molecule has 5 nitrogen and oxygen atoms in total. The molecule has 0 atom stereocenters. The van der Waals surface area contributed by atoms with E-state index in [2.05, 4.69) is 6.92 Å². The second kappa shape index (κ2) is 14.4. The van der Waals surface area contributed by atoms with Crippen LogP contribution in [0.1, 0.15) is 86.7 Å². The molecule has 0 spiro atoms. The van der Waals surface area contributed by atoms with Crippen LogP contribution >= 0.6 is 0 Å². The first-order valence-corrected chi connectivity index (χ1v) is 11.4. The number of rotatable bonds is 13. The Labute approximate surface area is 186 Å². The highest BCUT2D eigenvalue weighted by Crippen LogP contribution is 2.14. The number of amides is 1. The van der Waals surface area contributed by atoms with Crippen molar-refractivity contribution in [2.45, 2.75) is 78.2 Å². The number of hydrogen-bond donors (Lipinski definition) is 0. The molecule has 0 aliphatic rings. The van der Waals surface area contributed by atoms with Gasteiger partial charge in [-0.15, -0.1) is 0 Å². The molecule has 0 heterocycles. The van der Waals surface area contributed by atoms with Gasteiger partial charge in [-0.05, 0) is 41.3 Å². The minimum Gasteiger partial charge on any atom is -0.312 e.